The Labute approximate surface area is 77.4 Å². The fourth-order valence-corrected chi connectivity index (χ4v) is 2.85. The number of methoxy groups -OCH3 is 1. The third kappa shape index (κ3) is 0.960. The molecule has 2 saturated carbocycles. The van der Waals surface area contributed by atoms with E-state index >= 15 is 0 Å². The number of hydrogen-bond donors (Lipinski definition) is 0. The molecule has 0 spiro atoms. The molecule has 0 aromatic heterocycles. The first-order valence-corrected chi connectivity index (χ1v) is 4.70. The van der Waals surface area contributed by atoms with E-state index in [1.54, 1.807) is 0 Å². The van der Waals surface area contributed by atoms with Gasteiger partial charge in [0.2, 0.25) is 0 Å². The van der Waals surface area contributed by atoms with Gasteiger partial charge < -0.3 is 4.74 Å². The highest BCUT2D eigenvalue weighted by molar-refractivity contribution is 5.91. The van der Waals surface area contributed by atoms with E-state index in [-0.39, 0.29) is 23.2 Å². The van der Waals surface area contributed by atoms with Crippen LogP contribution >= 0.6 is 0 Å². The molecule has 3 nitrogen and oxygen atoms in total. The molecule has 2 fully saturated rings. The van der Waals surface area contributed by atoms with Gasteiger partial charge in [-0.25, -0.2) is 0 Å². The predicted molar refractivity (Wildman–Crippen MR) is 46.0 cm³/mol. The van der Waals surface area contributed by atoms with E-state index in [4.69, 9.17) is 4.74 Å². The van der Waals surface area contributed by atoms with Gasteiger partial charge in [0.25, 0.3) is 0 Å². The van der Waals surface area contributed by atoms with Crippen LogP contribution in [0.4, 0.5) is 0 Å². The van der Waals surface area contributed by atoms with E-state index in [2.05, 4.69) is 0 Å². The molecule has 72 valence electrons. The minimum atomic E-state index is -0.196. The van der Waals surface area contributed by atoms with Crippen LogP contribution in [0.15, 0.2) is 0 Å². The minimum Gasteiger partial charge on any atom is -0.469 e. The SMILES string of the molecule is COC(=O)C1CC2(C)C(=O)CCC12. The molecule has 3 atom stereocenters. The topological polar surface area (TPSA) is 43.4 Å². The van der Waals surface area contributed by atoms with Crippen molar-refractivity contribution in [3.05, 3.63) is 0 Å². The zero-order valence-corrected chi connectivity index (χ0v) is 8.00. The number of carbonyl (C=O) groups excluding carboxylic acids is 2. The molecule has 0 N–H and O–H groups in total. The summed E-state index contributed by atoms with van der Waals surface area (Å²) >= 11 is 0. The highest BCUT2D eigenvalue weighted by Gasteiger charge is 2.60. The molecule has 0 radical (unpaired) electrons. The normalized spacial score (nSPS) is 42.5. The van der Waals surface area contributed by atoms with Crippen molar-refractivity contribution in [2.45, 2.75) is 26.2 Å². The van der Waals surface area contributed by atoms with Crippen molar-refractivity contribution < 1.29 is 14.3 Å². The van der Waals surface area contributed by atoms with Crippen LogP contribution in [0.2, 0.25) is 0 Å². The summed E-state index contributed by atoms with van der Waals surface area (Å²) < 4.78 is 4.69. The Kier molecular flexibility index (Phi) is 1.72. The lowest BCUT2D eigenvalue weighted by molar-refractivity contribution is -0.161. The van der Waals surface area contributed by atoms with Gasteiger partial charge in [-0.15, -0.1) is 0 Å². The van der Waals surface area contributed by atoms with Gasteiger partial charge in [-0.3, -0.25) is 9.59 Å². The van der Waals surface area contributed by atoms with Crippen molar-refractivity contribution in [3.63, 3.8) is 0 Å². The van der Waals surface area contributed by atoms with E-state index in [1.807, 2.05) is 6.92 Å². The Hall–Kier alpha value is -0.860. The molecular formula is C10H14O3. The summed E-state index contributed by atoms with van der Waals surface area (Å²) in [7, 11) is 1.41. The Balaban J connectivity index is 2.12. The summed E-state index contributed by atoms with van der Waals surface area (Å²) in [5, 5.41) is 0. The average Bonchev–Trinajstić information content (AvgIpc) is 2.30. The van der Waals surface area contributed by atoms with Crippen LogP contribution in [0.3, 0.4) is 0 Å². The molecule has 13 heavy (non-hydrogen) atoms. The molecule has 0 aromatic carbocycles. The lowest BCUT2D eigenvalue weighted by atomic mass is 9.56. The fraction of sp³-hybridized carbons (Fsp3) is 0.800. The van der Waals surface area contributed by atoms with Gasteiger partial charge in [-0.1, -0.05) is 6.92 Å². The van der Waals surface area contributed by atoms with Gasteiger partial charge in [0.05, 0.1) is 13.0 Å². The number of ketones is 1. The monoisotopic (exact) mass is 182 g/mol. The zero-order chi connectivity index (χ0) is 9.64. The molecule has 0 saturated heterocycles. The van der Waals surface area contributed by atoms with Crippen LogP contribution in [0.1, 0.15) is 26.2 Å². The summed E-state index contributed by atoms with van der Waals surface area (Å²) in [6, 6.07) is 0. The highest BCUT2D eigenvalue weighted by Crippen LogP contribution is 2.58. The first-order chi connectivity index (χ1) is 6.09. The molecule has 2 rings (SSSR count). The maximum atomic E-state index is 11.5. The van der Waals surface area contributed by atoms with Gasteiger partial charge >= 0.3 is 5.97 Å². The van der Waals surface area contributed by atoms with Gasteiger partial charge in [0, 0.05) is 11.8 Å². The number of esters is 1. The molecule has 0 aliphatic heterocycles. The second-order valence-corrected chi connectivity index (χ2v) is 4.32. The summed E-state index contributed by atoms with van der Waals surface area (Å²) in [6.45, 7) is 1.98. The zero-order valence-electron chi connectivity index (χ0n) is 8.00. The first-order valence-electron chi connectivity index (χ1n) is 4.70. The summed E-state index contributed by atoms with van der Waals surface area (Å²) in [4.78, 5) is 22.7. The average molecular weight is 182 g/mol. The third-order valence-electron chi connectivity index (χ3n) is 3.77. The summed E-state index contributed by atoms with van der Waals surface area (Å²) in [5.74, 6) is 0.434. The van der Waals surface area contributed by atoms with Gasteiger partial charge in [-0.05, 0) is 18.8 Å². The molecule has 0 amide bonds. The van der Waals surface area contributed by atoms with Crippen molar-refractivity contribution in [2.24, 2.45) is 17.3 Å². The van der Waals surface area contributed by atoms with Crippen LogP contribution < -0.4 is 0 Å². The Morgan fingerprint density at radius 3 is 2.85 bits per heavy atom. The molecular weight excluding hydrogens is 168 g/mol. The van der Waals surface area contributed by atoms with Crippen molar-refractivity contribution in [3.8, 4) is 0 Å². The first kappa shape index (κ1) is 8.73. The van der Waals surface area contributed by atoms with Crippen LogP contribution in [-0.2, 0) is 14.3 Å². The molecule has 2 aliphatic rings. The van der Waals surface area contributed by atoms with E-state index in [0.717, 1.165) is 6.42 Å². The quantitative estimate of drug-likeness (QED) is 0.571. The minimum absolute atomic E-state index is 0.0125. The second kappa shape index (κ2) is 2.56. The van der Waals surface area contributed by atoms with E-state index in [1.165, 1.54) is 7.11 Å². The largest absolute Gasteiger partial charge is 0.469 e. The van der Waals surface area contributed by atoms with E-state index < -0.39 is 0 Å². The molecule has 0 heterocycles. The molecule has 2 aliphatic carbocycles. The maximum absolute atomic E-state index is 11.5. The number of ether oxygens (including phenoxy) is 1. The van der Waals surface area contributed by atoms with Crippen molar-refractivity contribution >= 4 is 11.8 Å². The summed E-state index contributed by atoms with van der Waals surface area (Å²) in [6.07, 6.45) is 2.22. The summed E-state index contributed by atoms with van der Waals surface area (Å²) in [5.41, 5.74) is -0.196. The van der Waals surface area contributed by atoms with Gasteiger partial charge in [-0.2, -0.15) is 0 Å². The molecule has 0 bridgehead atoms. The second-order valence-electron chi connectivity index (χ2n) is 4.32. The van der Waals surface area contributed by atoms with Crippen molar-refractivity contribution in [2.75, 3.05) is 7.11 Å². The third-order valence-corrected chi connectivity index (χ3v) is 3.77. The van der Waals surface area contributed by atoms with Crippen LogP contribution in [-0.4, -0.2) is 18.9 Å². The van der Waals surface area contributed by atoms with Gasteiger partial charge in [0.15, 0.2) is 0 Å². The number of Topliss-reactive ketones (excluding diaryl/α,β-unsaturated/α-hetero) is 1. The lowest BCUT2D eigenvalue weighted by Gasteiger charge is -2.46. The molecule has 0 aromatic rings. The number of rotatable bonds is 1. The smallest absolute Gasteiger partial charge is 0.309 e. The standard InChI is InChI=1S/C10H14O3/c1-10-5-6(9(12)13-2)7(10)3-4-8(10)11/h6-7H,3-5H2,1-2H3. The Bertz CT molecular complexity index is 271. The van der Waals surface area contributed by atoms with Gasteiger partial charge in [0.1, 0.15) is 5.78 Å². The molecule has 3 unspecified atom stereocenters. The van der Waals surface area contributed by atoms with Crippen molar-refractivity contribution in [1.29, 1.82) is 0 Å². The number of carbonyl (C=O) groups is 2. The lowest BCUT2D eigenvalue weighted by Crippen LogP contribution is -2.49. The number of fused-ring (bicyclic) bond motifs is 1. The fourth-order valence-electron chi connectivity index (χ4n) is 2.85. The highest BCUT2D eigenvalue weighted by atomic mass is 16.5. The number of hydrogen-bond acceptors (Lipinski definition) is 3. The molecule has 3 heteroatoms. The van der Waals surface area contributed by atoms with Crippen LogP contribution in [0.5, 0.6) is 0 Å². The van der Waals surface area contributed by atoms with E-state index in [0.29, 0.717) is 18.6 Å². The van der Waals surface area contributed by atoms with Crippen LogP contribution in [0.25, 0.3) is 0 Å². The predicted octanol–water partition coefficient (Wildman–Crippen LogP) is 1.16. The Morgan fingerprint density at radius 1 is 1.62 bits per heavy atom. The van der Waals surface area contributed by atoms with Crippen LogP contribution in [0, 0.1) is 17.3 Å². The van der Waals surface area contributed by atoms with Crippen molar-refractivity contribution in [1.82, 2.24) is 0 Å². The Morgan fingerprint density at radius 2 is 2.31 bits per heavy atom. The maximum Gasteiger partial charge on any atom is 0.309 e. The van der Waals surface area contributed by atoms with E-state index in [9.17, 15) is 9.59 Å².